The third-order valence-corrected chi connectivity index (χ3v) is 35.5. The Labute approximate surface area is 780 Å². The molecule has 20 aromatic carbocycles. The van der Waals surface area contributed by atoms with Gasteiger partial charge in [0.1, 0.15) is 0 Å². The third kappa shape index (κ3) is 14.3. The molecule has 0 saturated heterocycles. The van der Waals surface area contributed by atoms with Crippen LogP contribution in [0.5, 0.6) is 0 Å². The summed E-state index contributed by atoms with van der Waals surface area (Å²) in [7, 11) is -9.23. The standard InChI is InChI=1S/C48H32NO2P.C42H28NO2P.C32H22NO2P.CH4/c50-52(40-13-3-1-4-14-40,41-15-5-2-6-16-41)42-28-25-35(26-29-42)34-19-22-36(23-20-34)47-43-32-39(38-24-21-33-11-7-8-12-37(33)31-38)27-30-44(43)49-45-17-9-10-18-46(45)51-48(47)49;44-46(34-15-5-2-6-16-34,36-25-19-30-13-7-8-14-32(30)27-36)35-23-20-31(21-24-35)41-37-28-33(29-11-3-1-4-12-29)22-26-38(37)43-39-17-9-10-18-40(39)45-42(41)43;34-36(24-11-3-1-4-12-24,25-13-5-2-6-14-25)26-21-19-23(20-22-26)31-27-15-7-8-16-28(27)33-29-17-9-10-18-30(29)35-32(31)33;/h1-32H;1-28H;1-22H;1H4. The Morgan fingerprint density at radius 3 is 0.800 bits per heavy atom. The maximum atomic E-state index is 15.4. The molecule has 1 atom stereocenters. The topological polar surface area (TPSA) is 104 Å². The SMILES string of the molecule is C.O=P(c1ccccc1)(c1ccc(-c2c3cc(-c4ccccc4)ccc3n3c2oc2ccccc23)cc1)c1ccc2ccccc2c1.O=P(c1ccccc1)(c1ccccc1)c1ccc(-c2c3ccccc3n3c2oc2ccccc23)cc1.O=P(c1ccccc1)(c1ccccc1)c1ccc(-c2ccc(-c3c4cc(-c5ccc6ccccc6c5)ccc4n4c3oc3ccccc34)cc2)cc1. The van der Waals surface area contributed by atoms with Crippen LogP contribution in [0.1, 0.15) is 7.43 Å². The van der Waals surface area contributed by atoms with Crippen molar-refractivity contribution in [3.8, 4) is 66.8 Å². The summed E-state index contributed by atoms with van der Waals surface area (Å²) in [6.07, 6.45) is 0. The highest BCUT2D eigenvalue weighted by Crippen LogP contribution is 2.50. The van der Waals surface area contributed by atoms with Crippen molar-refractivity contribution >= 4 is 174 Å². The highest BCUT2D eigenvalue weighted by molar-refractivity contribution is 7.86. The highest BCUT2D eigenvalue weighted by Gasteiger charge is 2.35. The van der Waals surface area contributed by atoms with Crippen molar-refractivity contribution in [2.45, 2.75) is 7.43 Å². The van der Waals surface area contributed by atoms with E-state index in [1.165, 1.54) is 16.3 Å². The first-order chi connectivity index (χ1) is 66.1. The van der Waals surface area contributed by atoms with Crippen LogP contribution in [0, 0.1) is 0 Å². The van der Waals surface area contributed by atoms with Crippen LogP contribution < -0.4 is 47.7 Å². The Hall–Kier alpha value is -16.4. The van der Waals surface area contributed by atoms with Crippen LogP contribution in [0.3, 0.4) is 0 Å². The molecule has 0 spiro atoms. The first kappa shape index (κ1) is 83.0. The number of para-hydroxylation sites is 7. The van der Waals surface area contributed by atoms with Gasteiger partial charge in [-0.25, -0.2) is 0 Å². The minimum absolute atomic E-state index is 0. The van der Waals surface area contributed by atoms with Crippen LogP contribution in [0.4, 0.5) is 0 Å². The predicted octanol–water partition coefficient (Wildman–Crippen LogP) is 29.4. The first-order valence-electron chi connectivity index (χ1n) is 45.0. The maximum absolute atomic E-state index is 15.4. The van der Waals surface area contributed by atoms with E-state index in [1.807, 2.05) is 261 Å². The molecule has 135 heavy (non-hydrogen) atoms. The van der Waals surface area contributed by atoms with Crippen LogP contribution >= 0.6 is 21.4 Å². The highest BCUT2D eigenvalue weighted by atomic mass is 31.2. The van der Waals surface area contributed by atoms with Crippen LogP contribution in [0.2, 0.25) is 0 Å². The van der Waals surface area contributed by atoms with Gasteiger partial charge in [-0.15, -0.1) is 0 Å². The van der Waals surface area contributed by atoms with Gasteiger partial charge in [0.25, 0.3) is 0 Å². The molecule has 0 aliphatic heterocycles. The number of rotatable bonds is 15. The molecular formula is C123H86N3O6P3. The minimum Gasteiger partial charge on any atom is -0.438 e. The number of oxazole rings is 3. The van der Waals surface area contributed by atoms with E-state index in [0.717, 1.165) is 203 Å². The van der Waals surface area contributed by atoms with Crippen molar-refractivity contribution in [2.24, 2.45) is 0 Å². The van der Waals surface area contributed by atoms with Gasteiger partial charge >= 0.3 is 0 Å². The number of benzene rings is 20. The molecular weight excluding hydrogens is 1710 g/mol. The average Bonchev–Trinajstić information content (AvgIpc) is 1.56. The summed E-state index contributed by atoms with van der Waals surface area (Å²) in [5.41, 5.74) is 24.5. The van der Waals surface area contributed by atoms with E-state index < -0.39 is 21.4 Å². The van der Waals surface area contributed by atoms with Crippen molar-refractivity contribution in [3.05, 3.63) is 497 Å². The molecule has 644 valence electrons. The molecule has 1 unspecified atom stereocenters. The van der Waals surface area contributed by atoms with Crippen molar-refractivity contribution in [2.75, 3.05) is 0 Å². The van der Waals surface area contributed by atoms with Gasteiger partial charge in [-0.05, 0) is 150 Å². The Kier molecular flexibility index (Phi) is 21.2. The third-order valence-electron chi connectivity index (χ3n) is 26.3. The van der Waals surface area contributed by atoms with Crippen LogP contribution in [-0.2, 0) is 13.7 Å². The largest absolute Gasteiger partial charge is 0.438 e. The maximum Gasteiger partial charge on any atom is 0.213 e. The first-order valence-corrected chi connectivity index (χ1v) is 50.1. The van der Waals surface area contributed by atoms with Gasteiger partial charge in [-0.3, -0.25) is 13.2 Å². The van der Waals surface area contributed by atoms with E-state index >= 15 is 4.57 Å². The molecule has 0 aliphatic carbocycles. The summed E-state index contributed by atoms with van der Waals surface area (Å²) >= 11 is 0. The molecule has 0 bridgehead atoms. The summed E-state index contributed by atoms with van der Waals surface area (Å²) in [6.45, 7) is 0. The Morgan fingerprint density at radius 1 is 0.163 bits per heavy atom. The van der Waals surface area contributed by atoms with Crippen LogP contribution in [0.15, 0.2) is 511 Å². The van der Waals surface area contributed by atoms with Gasteiger partial charge < -0.3 is 26.9 Å². The van der Waals surface area contributed by atoms with Crippen molar-refractivity contribution < 1.29 is 26.9 Å². The van der Waals surface area contributed by atoms with Crippen LogP contribution in [-0.4, -0.2) is 13.2 Å². The van der Waals surface area contributed by atoms with E-state index in [9.17, 15) is 9.13 Å². The normalized spacial score (nSPS) is 12.2. The summed E-state index contributed by atoms with van der Waals surface area (Å²) in [4.78, 5) is 0. The predicted molar refractivity (Wildman–Crippen MR) is 567 cm³/mol. The van der Waals surface area contributed by atoms with Gasteiger partial charge in [-0.2, -0.15) is 0 Å². The fourth-order valence-corrected chi connectivity index (χ4v) is 27.7. The van der Waals surface area contributed by atoms with Crippen molar-refractivity contribution in [1.82, 2.24) is 13.2 Å². The molecule has 0 fully saturated rings. The zero-order valence-electron chi connectivity index (χ0n) is 72.5. The lowest BCUT2D eigenvalue weighted by atomic mass is 9.97. The molecule has 26 rings (SSSR count). The summed E-state index contributed by atoms with van der Waals surface area (Å²) in [6, 6.07) is 169. The number of hydrogen-bond acceptors (Lipinski definition) is 6. The van der Waals surface area contributed by atoms with Gasteiger partial charge in [0.2, 0.25) is 17.1 Å². The summed E-state index contributed by atoms with van der Waals surface area (Å²) in [5, 5.41) is 15.5. The quantitative estimate of drug-likeness (QED) is 0.0947. The zero-order valence-corrected chi connectivity index (χ0v) is 75.2. The van der Waals surface area contributed by atoms with E-state index in [-0.39, 0.29) is 7.43 Å². The fraction of sp³-hybridized carbons (Fsp3) is 0.00813. The second kappa shape index (κ2) is 34.4. The smallest absolute Gasteiger partial charge is 0.213 e. The van der Waals surface area contributed by atoms with E-state index in [1.54, 1.807) is 0 Å². The van der Waals surface area contributed by atoms with E-state index in [2.05, 4.69) is 250 Å². The van der Waals surface area contributed by atoms with Crippen LogP contribution in [0.25, 0.3) is 171 Å². The number of fused-ring (bicyclic) bond motifs is 17. The zero-order chi connectivity index (χ0) is 89.4. The Bertz CT molecular complexity index is 9040. The molecule has 6 heterocycles. The lowest BCUT2D eigenvalue weighted by Crippen LogP contribution is -2.25. The average molecular weight is 1790 g/mol. The summed E-state index contributed by atoms with van der Waals surface area (Å²) in [5.74, 6) is 0. The Morgan fingerprint density at radius 2 is 0.400 bits per heavy atom. The molecule has 6 aromatic heterocycles. The van der Waals surface area contributed by atoms with E-state index in [0.29, 0.717) is 0 Å². The molecule has 26 aromatic rings. The lowest BCUT2D eigenvalue weighted by Gasteiger charge is -2.21. The number of nitrogens with zero attached hydrogens (tertiary/aromatic N) is 3. The van der Waals surface area contributed by atoms with Gasteiger partial charge in [0, 0.05) is 63.9 Å². The van der Waals surface area contributed by atoms with Gasteiger partial charge in [0.05, 0.1) is 49.8 Å². The number of aromatic nitrogens is 3. The number of hydrogen-bond donors (Lipinski definition) is 0. The molecule has 0 radical (unpaired) electrons. The Balaban J connectivity index is 0.000000116. The van der Waals surface area contributed by atoms with E-state index in [4.69, 9.17) is 13.3 Å². The van der Waals surface area contributed by atoms with Gasteiger partial charge in [-0.1, -0.05) is 426 Å². The fourth-order valence-electron chi connectivity index (χ4n) is 19.7. The van der Waals surface area contributed by atoms with Crippen molar-refractivity contribution in [1.29, 1.82) is 0 Å². The molecule has 0 aliphatic rings. The minimum atomic E-state index is -3.17. The molecule has 12 heteroatoms. The molecule has 0 amide bonds. The van der Waals surface area contributed by atoms with Gasteiger partial charge in [0.15, 0.2) is 38.2 Å². The molecule has 9 nitrogen and oxygen atoms in total. The lowest BCUT2D eigenvalue weighted by molar-refractivity contribution is 0.591. The summed E-state index contributed by atoms with van der Waals surface area (Å²) < 4.78 is 71.2. The molecule has 0 N–H and O–H groups in total. The monoisotopic (exact) mass is 1790 g/mol. The second-order valence-corrected chi connectivity index (χ2v) is 42.2. The molecule has 0 saturated carbocycles. The van der Waals surface area contributed by atoms with Crippen molar-refractivity contribution in [3.63, 3.8) is 0 Å². The second-order valence-electron chi connectivity index (χ2n) is 33.9.